The summed E-state index contributed by atoms with van der Waals surface area (Å²) in [5.74, 6) is 1.20. The number of aromatic nitrogens is 3. The minimum atomic E-state index is 0.587. The predicted molar refractivity (Wildman–Crippen MR) is 103 cm³/mol. The van der Waals surface area contributed by atoms with Crippen molar-refractivity contribution < 1.29 is 0 Å². The van der Waals surface area contributed by atoms with E-state index in [0.717, 1.165) is 5.52 Å². The summed E-state index contributed by atoms with van der Waals surface area (Å²) < 4.78 is 0. The van der Waals surface area contributed by atoms with Gasteiger partial charge in [0.05, 0.1) is 11.7 Å². The SMILES string of the molecule is CC(C)c1ccc2[nH]ccc2c1.CC(C)c1ccc2[nH]ncc2c1. The highest BCUT2D eigenvalue weighted by Crippen LogP contribution is 2.20. The van der Waals surface area contributed by atoms with Crippen molar-refractivity contribution in [1.29, 1.82) is 0 Å². The molecular formula is C21H25N3. The summed E-state index contributed by atoms with van der Waals surface area (Å²) in [4.78, 5) is 3.19. The Balaban J connectivity index is 0.000000141. The van der Waals surface area contributed by atoms with Crippen LogP contribution in [0.5, 0.6) is 0 Å². The molecule has 124 valence electrons. The molecular weight excluding hydrogens is 294 g/mol. The molecule has 0 aliphatic heterocycles. The number of hydrogen-bond acceptors (Lipinski definition) is 1. The van der Waals surface area contributed by atoms with Gasteiger partial charge in [0.15, 0.2) is 0 Å². The van der Waals surface area contributed by atoms with E-state index in [2.05, 4.69) is 85.3 Å². The molecule has 0 saturated heterocycles. The molecule has 0 aliphatic rings. The number of fused-ring (bicyclic) bond motifs is 2. The van der Waals surface area contributed by atoms with Crippen molar-refractivity contribution >= 4 is 21.8 Å². The molecule has 0 spiro atoms. The fourth-order valence-electron chi connectivity index (χ4n) is 2.75. The molecule has 0 bridgehead atoms. The molecule has 4 rings (SSSR count). The smallest absolute Gasteiger partial charge is 0.0650 e. The van der Waals surface area contributed by atoms with Crippen LogP contribution in [0.25, 0.3) is 21.8 Å². The number of aromatic amines is 2. The molecule has 3 heteroatoms. The molecule has 0 unspecified atom stereocenters. The summed E-state index contributed by atoms with van der Waals surface area (Å²) in [6.45, 7) is 8.82. The lowest BCUT2D eigenvalue weighted by molar-refractivity contribution is 0.868. The van der Waals surface area contributed by atoms with E-state index in [1.807, 2.05) is 12.4 Å². The van der Waals surface area contributed by atoms with Crippen LogP contribution < -0.4 is 0 Å². The summed E-state index contributed by atoms with van der Waals surface area (Å²) in [6.07, 6.45) is 3.84. The Morgan fingerprint density at radius 2 is 1.38 bits per heavy atom. The number of H-pyrrole nitrogens is 2. The molecule has 4 aromatic rings. The standard InChI is InChI=1S/C11H13N.C10H12N2/c1-8(2)9-3-4-11-10(7-9)5-6-12-11;1-7(2)8-3-4-10-9(5-8)6-11-12-10/h3-8,12H,1-2H3;3-7H,1-2H3,(H,11,12). The van der Waals surface area contributed by atoms with Crippen molar-refractivity contribution in [2.24, 2.45) is 0 Å². The van der Waals surface area contributed by atoms with Crippen molar-refractivity contribution in [2.45, 2.75) is 39.5 Å². The fraction of sp³-hybridized carbons (Fsp3) is 0.286. The first kappa shape index (κ1) is 16.3. The Labute approximate surface area is 143 Å². The maximum atomic E-state index is 3.98. The van der Waals surface area contributed by atoms with Crippen molar-refractivity contribution in [1.82, 2.24) is 15.2 Å². The molecule has 24 heavy (non-hydrogen) atoms. The van der Waals surface area contributed by atoms with Gasteiger partial charge in [0.1, 0.15) is 0 Å². The maximum Gasteiger partial charge on any atom is 0.0650 e. The number of rotatable bonds is 2. The van der Waals surface area contributed by atoms with Gasteiger partial charge >= 0.3 is 0 Å². The summed E-state index contributed by atoms with van der Waals surface area (Å²) >= 11 is 0. The van der Waals surface area contributed by atoms with Gasteiger partial charge in [0.2, 0.25) is 0 Å². The van der Waals surface area contributed by atoms with Crippen molar-refractivity contribution in [3.05, 3.63) is 66.0 Å². The lowest BCUT2D eigenvalue weighted by Gasteiger charge is -2.03. The number of nitrogens with zero attached hydrogens (tertiary/aromatic N) is 1. The Kier molecular flexibility index (Phi) is 4.70. The Bertz CT molecular complexity index is 850. The first-order chi connectivity index (χ1) is 11.5. The van der Waals surface area contributed by atoms with Crippen LogP contribution in [-0.2, 0) is 0 Å². The number of hydrogen-bond donors (Lipinski definition) is 2. The molecule has 2 aromatic carbocycles. The van der Waals surface area contributed by atoms with Crippen molar-refractivity contribution in [3.8, 4) is 0 Å². The highest BCUT2D eigenvalue weighted by Gasteiger charge is 2.01. The lowest BCUT2D eigenvalue weighted by Crippen LogP contribution is -1.85. The molecule has 0 amide bonds. The normalized spacial score (nSPS) is 11.2. The highest BCUT2D eigenvalue weighted by molar-refractivity contribution is 5.80. The van der Waals surface area contributed by atoms with E-state index >= 15 is 0 Å². The molecule has 3 nitrogen and oxygen atoms in total. The van der Waals surface area contributed by atoms with E-state index in [1.54, 1.807) is 0 Å². The average Bonchev–Trinajstić information content (AvgIpc) is 3.22. The van der Waals surface area contributed by atoms with Crippen LogP contribution in [0.4, 0.5) is 0 Å². The Hall–Kier alpha value is -2.55. The van der Waals surface area contributed by atoms with Crippen LogP contribution in [0.15, 0.2) is 54.9 Å². The Morgan fingerprint density at radius 1 is 0.750 bits per heavy atom. The zero-order valence-electron chi connectivity index (χ0n) is 14.8. The van der Waals surface area contributed by atoms with Gasteiger partial charge in [-0.15, -0.1) is 0 Å². The van der Waals surface area contributed by atoms with Gasteiger partial charge in [0, 0.05) is 17.1 Å². The van der Waals surface area contributed by atoms with Crippen LogP contribution >= 0.6 is 0 Å². The monoisotopic (exact) mass is 319 g/mol. The second-order valence-electron chi connectivity index (χ2n) is 6.85. The maximum absolute atomic E-state index is 3.98. The average molecular weight is 319 g/mol. The van der Waals surface area contributed by atoms with Gasteiger partial charge < -0.3 is 4.98 Å². The van der Waals surface area contributed by atoms with E-state index < -0.39 is 0 Å². The molecule has 0 radical (unpaired) electrons. The number of nitrogens with one attached hydrogen (secondary N) is 2. The summed E-state index contributed by atoms with van der Waals surface area (Å²) in [6, 6.07) is 15.1. The van der Waals surface area contributed by atoms with Gasteiger partial charge in [-0.3, -0.25) is 5.10 Å². The highest BCUT2D eigenvalue weighted by atomic mass is 15.1. The first-order valence-corrected chi connectivity index (χ1v) is 8.54. The quantitative estimate of drug-likeness (QED) is 0.469. The van der Waals surface area contributed by atoms with E-state index in [9.17, 15) is 0 Å². The van der Waals surface area contributed by atoms with E-state index in [0.29, 0.717) is 11.8 Å². The van der Waals surface area contributed by atoms with Crippen LogP contribution in [0, 0.1) is 0 Å². The van der Waals surface area contributed by atoms with Gasteiger partial charge in [-0.25, -0.2) is 0 Å². The first-order valence-electron chi connectivity index (χ1n) is 8.54. The molecule has 2 aromatic heterocycles. The van der Waals surface area contributed by atoms with E-state index in [4.69, 9.17) is 0 Å². The van der Waals surface area contributed by atoms with Gasteiger partial charge in [-0.1, -0.05) is 39.8 Å². The molecule has 2 heterocycles. The van der Waals surface area contributed by atoms with E-state index in [-0.39, 0.29) is 0 Å². The molecule has 0 fully saturated rings. The van der Waals surface area contributed by atoms with E-state index in [1.165, 1.54) is 27.4 Å². The van der Waals surface area contributed by atoms with Crippen molar-refractivity contribution in [2.75, 3.05) is 0 Å². The number of benzene rings is 2. The third-order valence-corrected chi connectivity index (χ3v) is 4.37. The second-order valence-corrected chi connectivity index (χ2v) is 6.85. The molecule has 0 atom stereocenters. The summed E-state index contributed by atoms with van der Waals surface area (Å²) in [7, 11) is 0. The van der Waals surface area contributed by atoms with Gasteiger partial charge in [-0.05, 0) is 58.7 Å². The zero-order valence-corrected chi connectivity index (χ0v) is 14.8. The van der Waals surface area contributed by atoms with Crippen LogP contribution in [0.2, 0.25) is 0 Å². The third kappa shape index (κ3) is 3.51. The van der Waals surface area contributed by atoms with Crippen LogP contribution in [0.1, 0.15) is 50.7 Å². The van der Waals surface area contributed by atoms with Crippen molar-refractivity contribution in [3.63, 3.8) is 0 Å². The molecule has 2 N–H and O–H groups in total. The third-order valence-electron chi connectivity index (χ3n) is 4.37. The predicted octanol–water partition coefficient (Wildman–Crippen LogP) is 5.98. The van der Waals surface area contributed by atoms with Crippen LogP contribution in [-0.4, -0.2) is 15.2 Å². The minimum absolute atomic E-state index is 0.587. The summed E-state index contributed by atoms with van der Waals surface area (Å²) in [5.41, 5.74) is 5.10. The van der Waals surface area contributed by atoms with Gasteiger partial charge in [0.25, 0.3) is 0 Å². The topological polar surface area (TPSA) is 44.5 Å². The zero-order chi connectivity index (χ0) is 17.1. The Morgan fingerprint density at radius 3 is 2.04 bits per heavy atom. The molecule has 0 aliphatic carbocycles. The molecule has 0 saturated carbocycles. The van der Waals surface area contributed by atoms with Crippen LogP contribution in [0.3, 0.4) is 0 Å². The lowest BCUT2D eigenvalue weighted by atomic mass is 10.0. The summed E-state index contributed by atoms with van der Waals surface area (Å²) in [5, 5.41) is 9.41. The van der Waals surface area contributed by atoms with Gasteiger partial charge in [-0.2, -0.15) is 5.10 Å². The largest absolute Gasteiger partial charge is 0.361 e. The minimum Gasteiger partial charge on any atom is -0.361 e. The fourth-order valence-corrected chi connectivity index (χ4v) is 2.75. The second kappa shape index (κ2) is 6.91.